The highest BCUT2D eigenvalue weighted by molar-refractivity contribution is 5.90. The molecule has 116 valence electrons. The molecule has 1 aliphatic rings. The number of rotatable bonds is 2. The van der Waals surface area contributed by atoms with Crippen LogP contribution in [0.25, 0.3) is 11.4 Å². The number of likely N-dealkylation sites (tertiary alicyclic amines) is 1. The molecule has 1 unspecified atom stereocenters. The van der Waals surface area contributed by atoms with E-state index in [1.54, 1.807) is 0 Å². The lowest BCUT2D eigenvalue weighted by atomic mass is 10.0. The Balaban J connectivity index is 1.71. The third-order valence-electron chi connectivity index (χ3n) is 3.91. The van der Waals surface area contributed by atoms with Crippen molar-refractivity contribution in [1.82, 2.24) is 20.1 Å². The van der Waals surface area contributed by atoms with E-state index in [1.165, 1.54) is 6.42 Å². The highest BCUT2D eigenvalue weighted by atomic mass is 16.2. The molecule has 0 spiro atoms. The summed E-state index contributed by atoms with van der Waals surface area (Å²) in [6.45, 7) is 5.70. The summed E-state index contributed by atoms with van der Waals surface area (Å²) in [5, 5.41) is 9.94. The van der Waals surface area contributed by atoms with Crippen molar-refractivity contribution in [2.45, 2.75) is 26.7 Å². The zero-order valence-corrected chi connectivity index (χ0v) is 13.0. The van der Waals surface area contributed by atoms with Crippen LogP contribution in [0.1, 0.15) is 25.6 Å². The van der Waals surface area contributed by atoms with Crippen LogP contribution in [0, 0.1) is 12.8 Å². The smallest absolute Gasteiger partial charge is 0.321 e. The van der Waals surface area contributed by atoms with Crippen LogP contribution in [0.15, 0.2) is 24.3 Å². The summed E-state index contributed by atoms with van der Waals surface area (Å²) >= 11 is 0. The van der Waals surface area contributed by atoms with Crippen LogP contribution >= 0.6 is 0 Å². The molecule has 2 aromatic rings. The fourth-order valence-electron chi connectivity index (χ4n) is 2.78. The zero-order chi connectivity index (χ0) is 15.5. The first-order chi connectivity index (χ1) is 10.6. The van der Waals surface area contributed by atoms with E-state index in [0.717, 1.165) is 36.6 Å². The molecular formula is C16H21N5O. The topological polar surface area (TPSA) is 73.9 Å². The van der Waals surface area contributed by atoms with Crippen molar-refractivity contribution < 1.29 is 4.79 Å². The monoisotopic (exact) mass is 299 g/mol. The Morgan fingerprint density at radius 2 is 2.32 bits per heavy atom. The second-order valence-corrected chi connectivity index (χ2v) is 5.95. The van der Waals surface area contributed by atoms with Gasteiger partial charge in [0, 0.05) is 24.3 Å². The lowest BCUT2D eigenvalue weighted by Crippen LogP contribution is -2.41. The molecule has 1 aromatic carbocycles. The highest BCUT2D eigenvalue weighted by Crippen LogP contribution is 2.21. The van der Waals surface area contributed by atoms with Gasteiger partial charge < -0.3 is 10.2 Å². The second kappa shape index (κ2) is 6.17. The number of H-pyrrole nitrogens is 1. The maximum Gasteiger partial charge on any atom is 0.321 e. The zero-order valence-electron chi connectivity index (χ0n) is 13.0. The third-order valence-corrected chi connectivity index (χ3v) is 3.91. The summed E-state index contributed by atoms with van der Waals surface area (Å²) in [6.07, 6.45) is 2.27. The first-order valence-corrected chi connectivity index (χ1v) is 7.67. The van der Waals surface area contributed by atoms with Crippen LogP contribution in [-0.4, -0.2) is 39.2 Å². The van der Waals surface area contributed by atoms with Crippen LogP contribution in [0.5, 0.6) is 0 Å². The molecule has 0 aliphatic carbocycles. The van der Waals surface area contributed by atoms with Crippen molar-refractivity contribution in [1.29, 1.82) is 0 Å². The van der Waals surface area contributed by atoms with E-state index in [9.17, 15) is 4.79 Å². The molecule has 2 heterocycles. The SMILES string of the molecule is Cc1nc(-c2cccc(NC(=O)N3CCCC(C)C3)c2)n[nH]1. The molecule has 2 amide bonds. The molecule has 0 radical (unpaired) electrons. The van der Waals surface area contributed by atoms with E-state index >= 15 is 0 Å². The summed E-state index contributed by atoms with van der Waals surface area (Å²) < 4.78 is 0. The number of aryl methyl sites for hydroxylation is 1. The lowest BCUT2D eigenvalue weighted by Gasteiger charge is -2.30. The van der Waals surface area contributed by atoms with E-state index in [-0.39, 0.29) is 6.03 Å². The van der Waals surface area contributed by atoms with Gasteiger partial charge in [0.1, 0.15) is 5.82 Å². The summed E-state index contributed by atoms with van der Waals surface area (Å²) in [4.78, 5) is 18.5. The molecule has 2 N–H and O–H groups in total. The van der Waals surface area contributed by atoms with Crippen LogP contribution < -0.4 is 5.32 Å². The molecule has 1 aliphatic heterocycles. The van der Waals surface area contributed by atoms with Gasteiger partial charge in [-0.15, -0.1) is 0 Å². The van der Waals surface area contributed by atoms with E-state index in [4.69, 9.17) is 0 Å². The van der Waals surface area contributed by atoms with E-state index in [0.29, 0.717) is 11.7 Å². The van der Waals surface area contributed by atoms with Crippen LogP contribution in [0.3, 0.4) is 0 Å². The van der Waals surface area contributed by atoms with Crippen molar-refractivity contribution >= 4 is 11.7 Å². The fourth-order valence-corrected chi connectivity index (χ4v) is 2.78. The molecule has 3 rings (SSSR count). The average Bonchev–Trinajstić information content (AvgIpc) is 2.94. The third kappa shape index (κ3) is 3.27. The Labute approximate surface area is 129 Å². The maximum atomic E-state index is 12.3. The van der Waals surface area contributed by atoms with Gasteiger partial charge in [0.05, 0.1) is 0 Å². The minimum atomic E-state index is -0.0325. The minimum Gasteiger partial charge on any atom is -0.324 e. The number of carbonyl (C=O) groups is 1. The van der Waals surface area contributed by atoms with Crippen molar-refractivity contribution in [3.63, 3.8) is 0 Å². The summed E-state index contributed by atoms with van der Waals surface area (Å²) in [5.74, 6) is 1.98. The number of nitrogens with one attached hydrogen (secondary N) is 2. The van der Waals surface area contributed by atoms with Crippen LogP contribution in [-0.2, 0) is 0 Å². The van der Waals surface area contributed by atoms with E-state index in [2.05, 4.69) is 27.4 Å². The van der Waals surface area contributed by atoms with Gasteiger partial charge in [-0.05, 0) is 37.8 Å². The number of nitrogens with zero attached hydrogens (tertiary/aromatic N) is 3. The van der Waals surface area contributed by atoms with Crippen molar-refractivity contribution in [3.8, 4) is 11.4 Å². The molecule has 1 atom stereocenters. The first kappa shape index (κ1) is 14.6. The van der Waals surface area contributed by atoms with Crippen LogP contribution in [0.2, 0.25) is 0 Å². The van der Waals surface area contributed by atoms with Crippen molar-refractivity contribution in [3.05, 3.63) is 30.1 Å². The molecule has 0 bridgehead atoms. The number of urea groups is 1. The number of aromatic amines is 1. The number of anilines is 1. The Kier molecular flexibility index (Phi) is 4.09. The van der Waals surface area contributed by atoms with Gasteiger partial charge >= 0.3 is 6.03 Å². The normalized spacial score (nSPS) is 18.3. The Morgan fingerprint density at radius 3 is 3.05 bits per heavy atom. The molecule has 22 heavy (non-hydrogen) atoms. The Hall–Kier alpha value is -2.37. The molecule has 6 heteroatoms. The van der Waals surface area contributed by atoms with Crippen molar-refractivity contribution in [2.24, 2.45) is 5.92 Å². The number of hydrogen-bond acceptors (Lipinski definition) is 3. The number of carbonyl (C=O) groups excluding carboxylic acids is 1. The van der Waals surface area contributed by atoms with Gasteiger partial charge in [0.15, 0.2) is 5.82 Å². The summed E-state index contributed by atoms with van der Waals surface area (Å²) in [5.41, 5.74) is 1.65. The highest BCUT2D eigenvalue weighted by Gasteiger charge is 2.20. The quantitative estimate of drug-likeness (QED) is 0.895. The second-order valence-electron chi connectivity index (χ2n) is 5.95. The number of amides is 2. The van der Waals surface area contributed by atoms with Gasteiger partial charge in [-0.2, -0.15) is 5.10 Å². The molecular weight excluding hydrogens is 278 g/mol. The molecule has 1 fully saturated rings. The maximum absolute atomic E-state index is 12.3. The summed E-state index contributed by atoms with van der Waals surface area (Å²) in [6, 6.07) is 7.58. The Morgan fingerprint density at radius 1 is 1.45 bits per heavy atom. The van der Waals surface area contributed by atoms with E-state index in [1.807, 2.05) is 36.1 Å². The lowest BCUT2D eigenvalue weighted by molar-refractivity contribution is 0.182. The molecule has 0 saturated carbocycles. The van der Waals surface area contributed by atoms with Gasteiger partial charge in [-0.3, -0.25) is 5.10 Å². The predicted molar refractivity (Wildman–Crippen MR) is 85.5 cm³/mol. The fraction of sp³-hybridized carbons (Fsp3) is 0.438. The van der Waals surface area contributed by atoms with Crippen molar-refractivity contribution in [2.75, 3.05) is 18.4 Å². The van der Waals surface area contributed by atoms with Gasteiger partial charge in [-0.1, -0.05) is 19.1 Å². The number of aromatic nitrogens is 3. The van der Waals surface area contributed by atoms with Gasteiger partial charge in [0.25, 0.3) is 0 Å². The van der Waals surface area contributed by atoms with Gasteiger partial charge in [-0.25, -0.2) is 9.78 Å². The molecule has 6 nitrogen and oxygen atoms in total. The average molecular weight is 299 g/mol. The first-order valence-electron chi connectivity index (χ1n) is 7.67. The van der Waals surface area contributed by atoms with Gasteiger partial charge in [0.2, 0.25) is 0 Å². The molecule has 1 aromatic heterocycles. The van der Waals surface area contributed by atoms with Crippen LogP contribution in [0.4, 0.5) is 10.5 Å². The standard InChI is InChI=1S/C16H21N5O/c1-11-5-4-8-21(10-11)16(22)18-14-7-3-6-13(9-14)15-17-12(2)19-20-15/h3,6-7,9,11H,4-5,8,10H2,1-2H3,(H,18,22)(H,17,19,20). The number of hydrogen-bond donors (Lipinski definition) is 2. The predicted octanol–water partition coefficient (Wildman–Crippen LogP) is 3.04. The Bertz CT molecular complexity index is 666. The number of piperidine rings is 1. The minimum absolute atomic E-state index is 0.0325. The van der Waals surface area contributed by atoms with E-state index < -0.39 is 0 Å². The molecule has 1 saturated heterocycles. The largest absolute Gasteiger partial charge is 0.324 e. The summed E-state index contributed by atoms with van der Waals surface area (Å²) in [7, 11) is 0. The number of benzene rings is 1.